The summed E-state index contributed by atoms with van der Waals surface area (Å²) in [4.78, 5) is 17.6. The molecule has 0 saturated heterocycles. The summed E-state index contributed by atoms with van der Waals surface area (Å²) in [6.45, 7) is 0. The van der Waals surface area contributed by atoms with Gasteiger partial charge in [0.2, 0.25) is 5.82 Å². The predicted molar refractivity (Wildman–Crippen MR) is 80.9 cm³/mol. The highest BCUT2D eigenvalue weighted by Crippen LogP contribution is 2.30. The average Bonchev–Trinajstić information content (AvgIpc) is 3.14. The molecule has 2 aromatic heterocycles. The van der Waals surface area contributed by atoms with Gasteiger partial charge in [-0.25, -0.2) is 9.78 Å². The summed E-state index contributed by atoms with van der Waals surface area (Å²) in [5.74, 6) is -1.91. The number of halogens is 3. The van der Waals surface area contributed by atoms with E-state index in [0.29, 0.717) is 5.69 Å². The Morgan fingerprint density at radius 2 is 2.16 bits per heavy atom. The van der Waals surface area contributed by atoms with Gasteiger partial charge < -0.3 is 20.0 Å². The first kappa shape index (κ1) is 16.4. The minimum atomic E-state index is -4.61. The molecule has 0 bridgehead atoms. The molecule has 3 rings (SSSR count). The van der Waals surface area contributed by atoms with Crippen LogP contribution in [0.5, 0.6) is 0 Å². The van der Waals surface area contributed by atoms with Crippen LogP contribution in [-0.4, -0.2) is 27.6 Å². The molecular weight excluding hydrogens is 339 g/mol. The van der Waals surface area contributed by atoms with Crippen molar-refractivity contribution in [1.82, 2.24) is 14.5 Å². The van der Waals surface area contributed by atoms with Gasteiger partial charge in [-0.2, -0.15) is 18.4 Å². The van der Waals surface area contributed by atoms with E-state index in [2.05, 4.69) is 14.7 Å². The number of hydrogen-bond acceptors (Lipinski definition) is 5. The number of fused-ring (bicyclic) bond motifs is 1. The van der Waals surface area contributed by atoms with E-state index >= 15 is 0 Å². The Balaban J connectivity index is 2.20. The number of nitriles is 1. The lowest BCUT2D eigenvalue weighted by Gasteiger charge is -2.08. The van der Waals surface area contributed by atoms with Gasteiger partial charge in [-0.3, -0.25) is 0 Å². The zero-order valence-electron chi connectivity index (χ0n) is 12.7. The number of carbonyl (C=O) groups is 1. The highest BCUT2D eigenvalue weighted by atomic mass is 19.4. The Kier molecular flexibility index (Phi) is 3.64. The van der Waals surface area contributed by atoms with Gasteiger partial charge in [-0.1, -0.05) is 0 Å². The number of nitrogen functional groups attached to an aromatic ring is 1. The number of methoxy groups -OCH3 is 1. The number of rotatable bonds is 2. The number of esters is 1. The maximum absolute atomic E-state index is 12.8. The maximum Gasteiger partial charge on any atom is 0.449 e. The number of carbonyl (C=O) groups excluding carboxylic acids is 1. The van der Waals surface area contributed by atoms with Crippen molar-refractivity contribution in [2.75, 3.05) is 12.8 Å². The fourth-order valence-corrected chi connectivity index (χ4v) is 2.40. The van der Waals surface area contributed by atoms with E-state index in [9.17, 15) is 18.0 Å². The Morgan fingerprint density at radius 3 is 2.76 bits per heavy atom. The summed E-state index contributed by atoms with van der Waals surface area (Å²) in [5.41, 5.74) is 6.21. The molecule has 0 aliphatic carbocycles. The van der Waals surface area contributed by atoms with Crippen molar-refractivity contribution >= 4 is 22.7 Å². The number of aromatic nitrogens is 3. The molecule has 0 saturated carbocycles. The molecule has 0 spiro atoms. The van der Waals surface area contributed by atoms with Crippen molar-refractivity contribution < 1.29 is 22.7 Å². The molecule has 25 heavy (non-hydrogen) atoms. The van der Waals surface area contributed by atoms with E-state index in [-0.39, 0.29) is 28.0 Å². The van der Waals surface area contributed by atoms with Gasteiger partial charge in [0.25, 0.3) is 0 Å². The van der Waals surface area contributed by atoms with E-state index in [4.69, 9.17) is 11.0 Å². The summed E-state index contributed by atoms with van der Waals surface area (Å²) in [6, 6.07) is 6.02. The number of alkyl halides is 3. The van der Waals surface area contributed by atoms with Gasteiger partial charge >= 0.3 is 12.1 Å². The average molecular weight is 349 g/mol. The standard InChI is InChI=1S/C15H10F3N5O2/c1-25-13(24)12-11(20)7(5-19)6-23(12)8-2-3-9-10(4-8)22-14(21-9)15(16,17)18/h2-4,6H,20H2,1H3,(H,21,22). The van der Waals surface area contributed by atoms with Crippen molar-refractivity contribution in [2.45, 2.75) is 6.18 Å². The number of imidazole rings is 1. The van der Waals surface area contributed by atoms with Crippen LogP contribution in [0.1, 0.15) is 21.9 Å². The van der Waals surface area contributed by atoms with Gasteiger partial charge in [-0.05, 0) is 18.2 Å². The van der Waals surface area contributed by atoms with Gasteiger partial charge in [0.15, 0.2) is 5.69 Å². The Morgan fingerprint density at radius 1 is 1.44 bits per heavy atom. The lowest BCUT2D eigenvalue weighted by molar-refractivity contribution is -0.144. The normalized spacial score (nSPS) is 11.5. The van der Waals surface area contributed by atoms with E-state index in [1.165, 1.54) is 29.0 Å². The molecule has 1 aromatic carbocycles. The van der Waals surface area contributed by atoms with Gasteiger partial charge in [0, 0.05) is 11.9 Å². The Hall–Kier alpha value is -3.48. The molecule has 0 aliphatic rings. The molecule has 128 valence electrons. The second-order valence-electron chi connectivity index (χ2n) is 5.06. The number of nitrogens with zero attached hydrogens (tertiary/aromatic N) is 3. The summed E-state index contributed by atoms with van der Waals surface area (Å²) < 4.78 is 44.2. The number of anilines is 1. The van der Waals surface area contributed by atoms with Crippen molar-refractivity contribution in [3.05, 3.63) is 41.5 Å². The summed E-state index contributed by atoms with van der Waals surface area (Å²) in [7, 11) is 1.15. The smallest absolute Gasteiger partial charge is 0.449 e. The first-order valence-corrected chi connectivity index (χ1v) is 6.83. The topological polar surface area (TPSA) is 110 Å². The third-order valence-electron chi connectivity index (χ3n) is 3.56. The first-order valence-electron chi connectivity index (χ1n) is 6.83. The zero-order chi connectivity index (χ0) is 18.4. The molecule has 10 heteroatoms. The molecule has 0 aliphatic heterocycles. The number of aromatic amines is 1. The van der Waals surface area contributed by atoms with Crippen molar-refractivity contribution in [3.8, 4) is 11.8 Å². The number of nitrogens with two attached hydrogens (primary N) is 1. The number of nitrogens with one attached hydrogen (secondary N) is 1. The quantitative estimate of drug-likeness (QED) is 0.691. The van der Waals surface area contributed by atoms with E-state index < -0.39 is 18.0 Å². The lowest BCUT2D eigenvalue weighted by atomic mass is 10.2. The van der Waals surface area contributed by atoms with Crippen LogP contribution >= 0.6 is 0 Å². The molecule has 7 nitrogen and oxygen atoms in total. The van der Waals surface area contributed by atoms with Crippen LogP contribution in [0.3, 0.4) is 0 Å². The largest absolute Gasteiger partial charge is 0.464 e. The molecule has 0 atom stereocenters. The summed E-state index contributed by atoms with van der Waals surface area (Å²) in [6.07, 6.45) is -3.30. The minimum Gasteiger partial charge on any atom is -0.464 e. The molecule has 3 N–H and O–H groups in total. The summed E-state index contributed by atoms with van der Waals surface area (Å²) >= 11 is 0. The second kappa shape index (κ2) is 5.55. The fourth-order valence-electron chi connectivity index (χ4n) is 2.40. The number of hydrogen-bond donors (Lipinski definition) is 2. The highest BCUT2D eigenvalue weighted by Gasteiger charge is 2.34. The van der Waals surface area contributed by atoms with Gasteiger partial charge in [0.05, 0.1) is 29.4 Å². The monoisotopic (exact) mass is 349 g/mol. The molecule has 0 radical (unpaired) electrons. The third-order valence-corrected chi connectivity index (χ3v) is 3.56. The number of benzene rings is 1. The first-order chi connectivity index (χ1) is 11.8. The van der Waals surface area contributed by atoms with Crippen LogP contribution in [-0.2, 0) is 10.9 Å². The van der Waals surface area contributed by atoms with Crippen LogP contribution in [0.25, 0.3) is 16.7 Å². The Bertz CT molecular complexity index is 1030. The molecular formula is C15H10F3N5O2. The van der Waals surface area contributed by atoms with Crippen LogP contribution in [0.4, 0.5) is 18.9 Å². The van der Waals surface area contributed by atoms with Crippen LogP contribution in [0, 0.1) is 11.3 Å². The van der Waals surface area contributed by atoms with Crippen LogP contribution in [0.15, 0.2) is 24.4 Å². The number of ether oxygens (including phenoxy) is 1. The van der Waals surface area contributed by atoms with Crippen molar-refractivity contribution in [1.29, 1.82) is 5.26 Å². The van der Waals surface area contributed by atoms with Gasteiger partial charge in [0.1, 0.15) is 6.07 Å². The lowest BCUT2D eigenvalue weighted by Crippen LogP contribution is -2.11. The zero-order valence-corrected chi connectivity index (χ0v) is 12.7. The van der Waals surface area contributed by atoms with Crippen molar-refractivity contribution in [3.63, 3.8) is 0 Å². The summed E-state index contributed by atoms with van der Waals surface area (Å²) in [5, 5.41) is 9.09. The fraction of sp³-hybridized carbons (Fsp3) is 0.133. The predicted octanol–water partition coefficient (Wildman–Crippen LogP) is 2.61. The molecule has 0 unspecified atom stereocenters. The SMILES string of the molecule is COC(=O)c1c(N)c(C#N)cn1-c1ccc2nc(C(F)(F)F)[nH]c2c1. The maximum atomic E-state index is 12.8. The van der Waals surface area contributed by atoms with E-state index in [1.807, 2.05) is 6.07 Å². The molecule has 2 heterocycles. The molecule has 3 aromatic rings. The second-order valence-corrected chi connectivity index (χ2v) is 5.06. The Labute approximate surface area is 138 Å². The van der Waals surface area contributed by atoms with E-state index in [0.717, 1.165) is 7.11 Å². The van der Waals surface area contributed by atoms with E-state index in [1.54, 1.807) is 0 Å². The highest BCUT2D eigenvalue weighted by molar-refractivity contribution is 5.96. The van der Waals surface area contributed by atoms with Crippen LogP contribution < -0.4 is 5.73 Å². The van der Waals surface area contributed by atoms with Crippen molar-refractivity contribution in [2.24, 2.45) is 0 Å². The minimum absolute atomic E-state index is 0.0427. The molecule has 0 amide bonds. The third kappa shape index (κ3) is 2.65. The van der Waals surface area contributed by atoms with Gasteiger partial charge in [-0.15, -0.1) is 0 Å². The molecule has 0 fully saturated rings. The number of H-pyrrole nitrogens is 1. The van der Waals surface area contributed by atoms with Crippen LogP contribution in [0.2, 0.25) is 0 Å².